The fraction of sp³-hybridized carbons (Fsp3) is 0.571. The maximum absolute atomic E-state index is 5.57. The number of aryl methyl sites for hydroxylation is 2. The second-order valence-electron chi connectivity index (χ2n) is 4.89. The van der Waals surface area contributed by atoms with E-state index in [0.29, 0.717) is 0 Å². The van der Waals surface area contributed by atoms with Gasteiger partial charge in [0.05, 0.1) is 0 Å². The zero-order chi connectivity index (χ0) is 13.5. The highest BCUT2D eigenvalue weighted by atomic mass is 15.3. The van der Waals surface area contributed by atoms with Crippen LogP contribution in [-0.4, -0.2) is 28.5 Å². The minimum atomic E-state index is 0.747. The van der Waals surface area contributed by atoms with E-state index in [4.69, 9.17) is 11.5 Å². The normalized spacial score (nSPS) is 11.3. The van der Waals surface area contributed by atoms with Crippen LogP contribution in [0.5, 0.6) is 0 Å². The average Bonchev–Trinajstić information content (AvgIpc) is 2.89. The number of rotatable bonds is 8. The molecule has 0 spiro atoms. The highest BCUT2D eigenvalue weighted by Crippen LogP contribution is 2.22. The van der Waals surface area contributed by atoms with E-state index < -0.39 is 0 Å². The van der Waals surface area contributed by atoms with Crippen LogP contribution in [0.4, 0.5) is 0 Å². The molecule has 1 aromatic carbocycles. The van der Waals surface area contributed by atoms with Crippen molar-refractivity contribution in [1.82, 2.24) is 15.4 Å². The number of benzene rings is 1. The van der Waals surface area contributed by atoms with Crippen molar-refractivity contribution >= 4 is 11.0 Å². The first-order chi connectivity index (χ1) is 9.36. The van der Waals surface area contributed by atoms with Crippen LogP contribution in [0.25, 0.3) is 11.0 Å². The van der Waals surface area contributed by atoms with Gasteiger partial charge in [-0.15, -0.1) is 0 Å². The molecule has 0 saturated heterocycles. The molecule has 2 rings (SSSR count). The lowest BCUT2D eigenvalue weighted by Gasteiger charge is -2.09. The number of aromatic amines is 1. The molecule has 1 heterocycles. The van der Waals surface area contributed by atoms with E-state index in [1.807, 2.05) is 6.07 Å². The Morgan fingerprint density at radius 1 is 0.895 bits per heavy atom. The number of hydrogen-bond donors (Lipinski definition) is 3. The topological polar surface area (TPSA) is 93.6 Å². The van der Waals surface area contributed by atoms with Gasteiger partial charge in [0, 0.05) is 0 Å². The highest BCUT2D eigenvalue weighted by molar-refractivity contribution is 5.78. The van der Waals surface area contributed by atoms with E-state index in [0.717, 1.165) is 62.6 Å². The molecule has 0 aliphatic heterocycles. The number of nitrogens with zero attached hydrogens (tertiary/aromatic N) is 2. The van der Waals surface area contributed by atoms with Crippen molar-refractivity contribution in [3.8, 4) is 0 Å². The number of H-pyrrole nitrogens is 1. The number of unbranched alkanes of at least 4 members (excludes halogenated alkanes) is 2. The molecule has 104 valence electrons. The van der Waals surface area contributed by atoms with E-state index in [-0.39, 0.29) is 0 Å². The van der Waals surface area contributed by atoms with E-state index in [2.05, 4.69) is 21.5 Å². The van der Waals surface area contributed by atoms with Crippen molar-refractivity contribution in [3.05, 3.63) is 23.3 Å². The Morgan fingerprint density at radius 2 is 1.63 bits per heavy atom. The van der Waals surface area contributed by atoms with E-state index >= 15 is 0 Å². The summed E-state index contributed by atoms with van der Waals surface area (Å²) in [5.74, 6) is 0. The molecular formula is C14H23N5. The summed E-state index contributed by atoms with van der Waals surface area (Å²) in [5, 5.41) is 11.2. The van der Waals surface area contributed by atoms with Gasteiger partial charge in [-0.25, -0.2) is 0 Å². The Labute approximate surface area is 113 Å². The van der Waals surface area contributed by atoms with Crippen LogP contribution in [-0.2, 0) is 12.8 Å². The maximum Gasteiger partial charge on any atom is 0.116 e. The molecule has 0 amide bonds. The number of aromatic nitrogens is 3. The summed E-state index contributed by atoms with van der Waals surface area (Å²) in [4.78, 5) is 0. The Hall–Kier alpha value is -1.46. The number of hydrogen-bond acceptors (Lipinski definition) is 4. The standard InChI is InChI=1S/C14H23N5/c15-9-3-1-5-11-7-8-13-14(18-19-17-13)12(11)6-2-4-10-16/h7-8H,1-6,9-10,15-16H2,(H,17,18,19). The minimum absolute atomic E-state index is 0.747. The van der Waals surface area contributed by atoms with Crippen LogP contribution >= 0.6 is 0 Å². The Kier molecular flexibility index (Phi) is 5.30. The van der Waals surface area contributed by atoms with Crippen LogP contribution in [0.1, 0.15) is 36.8 Å². The van der Waals surface area contributed by atoms with Gasteiger partial charge in [0.25, 0.3) is 0 Å². The summed E-state index contributed by atoms with van der Waals surface area (Å²) >= 11 is 0. The van der Waals surface area contributed by atoms with Crippen molar-refractivity contribution < 1.29 is 0 Å². The van der Waals surface area contributed by atoms with Crippen molar-refractivity contribution in [2.24, 2.45) is 11.5 Å². The molecule has 5 nitrogen and oxygen atoms in total. The summed E-state index contributed by atoms with van der Waals surface area (Å²) in [6.45, 7) is 1.51. The van der Waals surface area contributed by atoms with E-state index in [9.17, 15) is 0 Å². The molecule has 5 heteroatoms. The van der Waals surface area contributed by atoms with E-state index in [1.54, 1.807) is 0 Å². The number of fused-ring (bicyclic) bond motifs is 1. The fourth-order valence-electron chi connectivity index (χ4n) is 2.43. The monoisotopic (exact) mass is 261 g/mol. The Bertz CT molecular complexity index is 506. The number of nitrogens with one attached hydrogen (secondary N) is 1. The third-order valence-corrected chi connectivity index (χ3v) is 3.47. The second kappa shape index (κ2) is 7.21. The lowest BCUT2D eigenvalue weighted by Crippen LogP contribution is -2.03. The first-order valence-electron chi connectivity index (χ1n) is 7.08. The predicted octanol–water partition coefficient (Wildman–Crippen LogP) is 1.52. The van der Waals surface area contributed by atoms with E-state index in [1.165, 1.54) is 11.1 Å². The highest BCUT2D eigenvalue weighted by Gasteiger charge is 2.10. The van der Waals surface area contributed by atoms with Gasteiger partial charge >= 0.3 is 0 Å². The smallest absolute Gasteiger partial charge is 0.116 e. The summed E-state index contributed by atoms with van der Waals surface area (Å²) < 4.78 is 0. The van der Waals surface area contributed by atoms with Gasteiger partial charge in [-0.2, -0.15) is 15.4 Å². The van der Waals surface area contributed by atoms with Gasteiger partial charge in [0.1, 0.15) is 11.0 Å². The first kappa shape index (κ1) is 14.0. The van der Waals surface area contributed by atoms with Gasteiger partial charge in [-0.05, 0) is 68.8 Å². The third kappa shape index (κ3) is 3.52. The Balaban J connectivity index is 2.19. The molecule has 19 heavy (non-hydrogen) atoms. The SMILES string of the molecule is NCCCCc1ccc2n[nH]nc2c1CCCCN. The summed E-state index contributed by atoms with van der Waals surface area (Å²) in [7, 11) is 0. The molecule has 0 unspecified atom stereocenters. The van der Waals surface area contributed by atoms with Crippen molar-refractivity contribution in [3.63, 3.8) is 0 Å². The molecule has 0 aliphatic carbocycles. The fourth-order valence-corrected chi connectivity index (χ4v) is 2.43. The van der Waals surface area contributed by atoms with Gasteiger partial charge in [0.2, 0.25) is 0 Å². The molecule has 1 aromatic heterocycles. The zero-order valence-electron chi connectivity index (χ0n) is 11.4. The molecule has 2 aromatic rings. The molecule has 0 saturated carbocycles. The maximum atomic E-state index is 5.57. The van der Waals surface area contributed by atoms with Crippen LogP contribution in [0.15, 0.2) is 12.1 Å². The summed E-state index contributed by atoms with van der Waals surface area (Å²) in [6.07, 6.45) is 6.45. The van der Waals surface area contributed by atoms with Crippen LogP contribution in [0.3, 0.4) is 0 Å². The van der Waals surface area contributed by atoms with Crippen molar-refractivity contribution in [2.45, 2.75) is 38.5 Å². The predicted molar refractivity (Wildman–Crippen MR) is 77.9 cm³/mol. The lowest BCUT2D eigenvalue weighted by atomic mass is 9.96. The lowest BCUT2D eigenvalue weighted by molar-refractivity contribution is 0.719. The van der Waals surface area contributed by atoms with Gasteiger partial charge in [-0.1, -0.05) is 6.07 Å². The summed E-state index contributed by atoms with van der Waals surface area (Å²) in [6, 6.07) is 4.22. The molecular weight excluding hydrogens is 238 g/mol. The molecule has 0 radical (unpaired) electrons. The number of nitrogens with two attached hydrogens (primary N) is 2. The quantitative estimate of drug-likeness (QED) is 0.628. The van der Waals surface area contributed by atoms with Crippen molar-refractivity contribution in [1.29, 1.82) is 0 Å². The second-order valence-corrected chi connectivity index (χ2v) is 4.89. The van der Waals surface area contributed by atoms with Gasteiger partial charge in [-0.3, -0.25) is 0 Å². The molecule has 0 fully saturated rings. The first-order valence-corrected chi connectivity index (χ1v) is 7.08. The van der Waals surface area contributed by atoms with Crippen molar-refractivity contribution in [2.75, 3.05) is 13.1 Å². The van der Waals surface area contributed by atoms with Crippen LogP contribution < -0.4 is 11.5 Å². The summed E-state index contributed by atoms with van der Waals surface area (Å²) in [5.41, 5.74) is 15.8. The molecule has 5 N–H and O–H groups in total. The third-order valence-electron chi connectivity index (χ3n) is 3.47. The molecule has 0 aliphatic rings. The van der Waals surface area contributed by atoms with Gasteiger partial charge < -0.3 is 11.5 Å². The molecule has 0 atom stereocenters. The van der Waals surface area contributed by atoms with Gasteiger partial charge in [0.15, 0.2) is 0 Å². The average molecular weight is 261 g/mol. The Morgan fingerprint density at radius 3 is 2.37 bits per heavy atom. The minimum Gasteiger partial charge on any atom is -0.330 e. The van der Waals surface area contributed by atoms with Crippen LogP contribution in [0.2, 0.25) is 0 Å². The molecule has 0 bridgehead atoms. The zero-order valence-corrected chi connectivity index (χ0v) is 11.4. The largest absolute Gasteiger partial charge is 0.330 e. The van der Waals surface area contributed by atoms with Crippen LogP contribution in [0, 0.1) is 0 Å².